The fraction of sp³-hybridized carbons (Fsp3) is 0.650. The second kappa shape index (κ2) is 11.0. The largest absolute Gasteiger partial charge is 0.466 e. The highest BCUT2D eigenvalue weighted by molar-refractivity contribution is 6.12. The fourth-order valence-corrected chi connectivity index (χ4v) is 12.7. The van der Waals surface area contributed by atoms with Crippen molar-refractivity contribution < 1.29 is 67.8 Å². The second-order valence-corrected chi connectivity index (χ2v) is 17.4. The van der Waals surface area contributed by atoms with E-state index in [0.717, 1.165) is 0 Å². The quantitative estimate of drug-likeness (QED) is 0.197. The highest BCUT2D eigenvalue weighted by Crippen LogP contribution is 2.84. The number of aliphatic hydroxyl groups excluding tert-OH is 1. The normalized spacial score (nSPS) is 47.1. The number of cyclic esters (lactones) is 3. The first kappa shape index (κ1) is 35.6. The minimum atomic E-state index is -1.76. The number of carbonyl (C=O) groups excluding carboxylic acids is 6. The number of hydrogen-bond donors (Lipinski definition) is 3. The molecule has 14 nitrogen and oxygen atoms in total. The van der Waals surface area contributed by atoms with Gasteiger partial charge in [-0.3, -0.25) is 14.4 Å². The van der Waals surface area contributed by atoms with Crippen LogP contribution in [0.2, 0.25) is 0 Å². The number of ketones is 1. The molecule has 5 fully saturated rings. The molecule has 2 aliphatic heterocycles. The van der Waals surface area contributed by atoms with E-state index in [9.17, 15) is 44.1 Å². The van der Waals surface area contributed by atoms with E-state index in [1.165, 1.54) is 27.0 Å². The van der Waals surface area contributed by atoms with E-state index in [2.05, 4.69) is 0 Å². The van der Waals surface area contributed by atoms with Gasteiger partial charge in [0.15, 0.2) is 11.4 Å². The topological polar surface area (TPSA) is 209 Å². The Kier molecular flexibility index (Phi) is 7.24. The minimum Gasteiger partial charge on any atom is -0.466 e. The molecule has 0 amide bonds. The molecule has 0 radical (unpaired) electrons. The number of Topliss-reactive ketones (excluding diaryl/α,β-unsaturated/α-hetero) is 1. The van der Waals surface area contributed by atoms with E-state index in [0.29, 0.717) is 24.0 Å². The molecule has 12 atom stereocenters. The Balaban J connectivity index is 1.30. The van der Waals surface area contributed by atoms with Gasteiger partial charge in [0.1, 0.15) is 31.5 Å². The van der Waals surface area contributed by atoms with Gasteiger partial charge in [-0.05, 0) is 85.8 Å². The van der Waals surface area contributed by atoms with E-state index in [4.69, 9.17) is 23.7 Å². The molecule has 0 aromatic carbocycles. The predicted octanol–water partition coefficient (Wildman–Crippen LogP) is 1.49. The molecule has 5 saturated carbocycles. The van der Waals surface area contributed by atoms with Crippen LogP contribution in [0.3, 0.4) is 0 Å². The summed E-state index contributed by atoms with van der Waals surface area (Å²) in [4.78, 5) is 80.8. The van der Waals surface area contributed by atoms with Crippen LogP contribution in [0.4, 0.5) is 0 Å². The Bertz CT molecular complexity index is 2020. The number of rotatable bonds is 1. The smallest absolute Gasteiger partial charge is 0.338 e. The summed E-state index contributed by atoms with van der Waals surface area (Å²) in [6, 6.07) is 0. The SMILES string of the molecule is COC(=O)C(C)=C1C(=O)C(O)C2(C)C3=C1C14OC(=O)C5=C1CC1C(O)(COC(=O)C(C)=CCOC(=O)CCC(=O)OC5)C5CC5C1(C)C4CC3(O)C1CC12. The Morgan fingerprint density at radius 1 is 0.907 bits per heavy atom. The molecule has 9 rings (SSSR count). The van der Waals surface area contributed by atoms with Gasteiger partial charge in [0.2, 0.25) is 0 Å². The summed E-state index contributed by atoms with van der Waals surface area (Å²) in [7, 11) is 1.17. The fourth-order valence-electron chi connectivity index (χ4n) is 12.7. The maximum Gasteiger partial charge on any atom is 0.338 e. The molecule has 12 unspecified atom stereocenters. The number of methoxy groups -OCH3 is 1. The van der Waals surface area contributed by atoms with Crippen LogP contribution in [0.5, 0.6) is 0 Å². The van der Waals surface area contributed by atoms with E-state index < -0.39 is 87.8 Å². The standard InChI is InChI=1S/C40H44O14/c1-16-8-9-51-26(41)6-7-27(42)52-14-18-19-12-24-36(3,20-10-23(20)39(24,49)15-53-33(16)45)25-13-38(48)22-11-21(22)37(4)31(38)29(40(19,25)54-35(18)47)28(30(43)32(37)44)17(2)34(46)50-5/h8,20-25,32,44,48-49H,6-7,9-15H2,1-5H3. The molecular formula is C40H44O14. The molecule has 288 valence electrons. The van der Waals surface area contributed by atoms with Crippen molar-refractivity contribution in [3.63, 3.8) is 0 Å². The van der Waals surface area contributed by atoms with Crippen molar-refractivity contribution in [1.82, 2.24) is 0 Å². The van der Waals surface area contributed by atoms with Crippen molar-refractivity contribution in [2.24, 2.45) is 46.3 Å². The van der Waals surface area contributed by atoms with Crippen molar-refractivity contribution in [2.45, 2.75) is 89.1 Å². The first-order valence-electron chi connectivity index (χ1n) is 18.8. The van der Waals surface area contributed by atoms with Crippen LogP contribution in [-0.4, -0.2) is 101 Å². The third-order valence-corrected chi connectivity index (χ3v) is 15.3. The molecule has 9 aliphatic rings. The lowest BCUT2D eigenvalue weighted by molar-refractivity contribution is -0.186. The Morgan fingerprint density at radius 2 is 1.59 bits per heavy atom. The highest BCUT2D eigenvalue weighted by Gasteiger charge is 2.86. The van der Waals surface area contributed by atoms with Crippen LogP contribution in [0, 0.1) is 46.3 Å². The molecular weight excluding hydrogens is 704 g/mol. The Hall–Kier alpha value is -4.14. The highest BCUT2D eigenvalue weighted by atomic mass is 16.6. The first-order valence-corrected chi connectivity index (χ1v) is 18.8. The van der Waals surface area contributed by atoms with Gasteiger partial charge in [-0.1, -0.05) is 13.8 Å². The van der Waals surface area contributed by atoms with Crippen LogP contribution in [0.15, 0.2) is 45.1 Å². The maximum absolute atomic E-state index is 14.6. The number of carbonyl (C=O) groups is 6. The third-order valence-electron chi connectivity index (χ3n) is 15.3. The molecule has 54 heavy (non-hydrogen) atoms. The van der Waals surface area contributed by atoms with Gasteiger partial charge in [0.05, 0.1) is 31.1 Å². The number of hydrogen-bond acceptors (Lipinski definition) is 14. The Labute approximate surface area is 310 Å². The summed E-state index contributed by atoms with van der Waals surface area (Å²) in [6.45, 7) is 5.51. The summed E-state index contributed by atoms with van der Waals surface area (Å²) < 4.78 is 28.2. The van der Waals surface area contributed by atoms with Gasteiger partial charge in [-0.25, -0.2) is 14.4 Å². The van der Waals surface area contributed by atoms with Gasteiger partial charge >= 0.3 is 29.8 Å². The predicted molar refractivity (Wildman–Crippen MR) is 180 cm³/mol. The van der Waals surface area contributed by atoms with Crippen molar-refractivity contribution in [3.05, 3.63) is 45.1 Å². The van der Waals surface area contributed by atoms with Crippen molar-refractivity contribution in [2.75, 3.05) is 26.9 Å². The molecule has 0 aromatic heterocycles. The molecule has 0 aromatic rings. The lowest BCUT2D eigenvalue weighted by Gasteiger charge is -2.63. The van der Waals surface area contributed by atoms with Gasteiger partial charge < -0.3 is 39.0 Å². The lowest BCUT2D eigenvalue weighted by atomic mass is 9.43. The van der Waals surface area contributed by atoms with Crippen LogP contribution < -0.4 is 0 Å². The third kappa shape index (κ3) is 4.11. The molecule has 1 spiro atoms. The average molecular weight is 749 g/mol. The van der Waals surface area contributed by atoms with Crippen LogP contribution >= 0.6 is 0 Å². The summed E-state index contributed by atoms with van der Waals surface area (Å²) in [5.74, 6) is -7.12. The van der Waals surface area contributed by atoms with Gasteiger partial charge in [-0.15, -0.1) is 0 Å². The zero-order valence-electron chi connectivity index (χ0n) is 30.8. The molecule has 3 N–H and O–H groups in total. The Morgan fingerprint density at radius 3 is 2.30 bits per heavy atom. The van der Waals surface area contributed by atoms with E-state index >= 15 is 0 Å². The summed E-state index contributed by atoms with van der Waals surface area (Å²) in [6.07, 6.45) is 0.285. The molecule has 2 heterocycles. The maximum atomic E-state index is 14.6. The van der Waals surface area contributed by atoms with Gasteiger partial charge in [0.25, 0.3) is 0 Å². The van der Waals surface area contributed by atoms with Gasteiger partial charge in [-0.2, -0.15) is 0 Å². The van der Waals surface area contributed by atoms with E-state index in [-0.39, 0.29) is 90.4 Å². The summed E-state index contributed by atoms with van der Waals surface area (Å²) in [5, 5.41) is 37.7. The number of esters is 5. The first-order chi connectivity index (χ1) is 25.4. The molecule has 2 bridgehead atoms. The zero-order chi connectivity index (χ0) is 38.7. The number of ether oxygens (including phenoxy) is 5. The van der Waals surface area contributed by atoms with Crippen LogP contribution in [-0.2, 0) is 52.5 Å². The molecule has 0 saturated heterocycles. The summed E-state index contributed by atoms with van der Waals surface area (Å²) >= 11 is 0. The average Bonchev–Trinajstić information content (AvgIpc) is 4.05. The molecule has 7 aliphatic carbocycles. The second-order valence-electron chi connectivity index (χ2n) is 17.4. The van der Waals surface area contributed by atoms with Crippen LogP contribution in [0.1, 0.15) is 66.2 Å². The lowest BCUT2D eigenvalue weighted by Crippen LogP contribution is -2.67. The monoisotopic (exact) mass is 748 g/mol. The van der Waals surface area contributed by atoms with E-state index in [1.54, 1.807) is 6.92 Å². The van der Waals surface area contributed by atoms with E-state index in [1.807, 2.05) is 6.92 Å². The molecule has 14 heteroatoms. The van der Waals surface area contributed by atoms with Crippen molar-refractivity contribution in [1.29, 1.82) is 0 Å². The summed E-state index contributed by atoms with van der Waals surface area (Å²) in [5.41, 5.74) is -6.31. The number of fused-ring (bicyclic) bond motifs is 7. The van der Waals surface area contributed by atoms with Gasteiger partial charge in [0, 0.05) is 39.5 Å². The zero-order valence-corrected chi connectivity index (χ0v) is 30.8. The van der Waals surface area contributed by atoms with Crippen molar-refractivity contribution in [3.8, 4) is 0 Å². The van der Waals surface area contributed by atoms with Crippen molar-refractivity contribution >= 4 is 35.6 Å². The van der Waals surface area contributed by atoms with Crippen LogP contribution in [0.25, 0.3) is 0 Å². The minimum absolute atomic E-state index is 0.00783. The number of aliphatic hydroxyl groups is 3.